The smallest absolute Gasteiger partial charge is 0.159 e. The summed E-state index contributed by atoms with van der Waals surface area (Å²) < 4.78 is 35.0. The number of halogens is 3. The zero-order valence-corrected chi connectivity index (χ0v) is 4.76. The van der Waals surface area contributed by atoms with Gasteiger partial charge in [0.25, 0.3) is 0 Å². The van der Waals surface area contributed by atoms with E-state index in [-0.39, 0.29) is 0 Å². The molecule has 1 rings (SSSR count). The van der Waals surface area contributed by atoms with Gasteiger partial charge in [0.15, 0.2) is 0 Å². The van der Waals surface area contributed by atoms with Gasteiger partial charge < -0.3 is 0 Å². The molecule has 0 fully saturated rings. The number of aliphatic imine (C=N–C) groups is 2. The highest BCUT2D eigenvalue weighted by molar-refractivity contribution is 5.95. The summed E-state index contributed by atoms with van der Waals surface area (Å²) in [6.45, 7) is 0. The van der Waals surface area contributed by atoms with Crippen LogP contribution in [0.2, 0.25) is 0 Å². The fourth-order valence-electron chi connectivity index (χ4n) is 0.445. The molecule has 10 heavy (non-hydrogen) atoms. The normalized spacial score (nSPS) is 17.3. The van der Waals surface area contributed by atoms with Gasteiger partial charge in [-0.05, 0) is 9.98 Å². The van der Waals surface area contributed by atoms with Crippen LogP contribution >= 0.6 is 0 Å². The first-order valence-corrected chi connectivity index (χ1v) is 2.45. The van der Waals surface area contributed by atoms with Gasteiger partial charge in [-0.25, -0.2) is 0 Å². The Bertz CT molecular complexity index is 211. The number of alkyl halides is 3. The average Bonchev–Trinajstić information content (AvgIpc) is 1.88. The average molecular weight is 148 g/mol. The first kappa shape index (κ1) is 6.98. The molecule has 1 radical (unpaired) electrons. The standard InChI is InChI=1S/C5H3F3N2/c6-5(7,8)4-9-2-1-3-10-4/h1-3H/q+1. The molecule has 0 saturated heterocycles. The molecule has 0 saturated carbocycles. The van der Waals surface area contributed by atoms with E-state index in [1.54, 1.807) is 0 Å². The zero-order valence-electron chi connectivity index (χ0n) is 4.76. The van der Waals surface area contributed by atoms with Gasteiger partial charge in [0.2, 0.25) is 0 Å². The Labute approximate surface area is 54.8 Å². The van der Waals surface area contributed by atoms with Gasteiger partial charge in [-0.3, -0.25) is 0 Å². The Kier molecular flexibility index (Phi) is 1.57. The van der Waals surface area contributed by atoms with Crippen molar-refractivity contribution in [1.29, 1.82) is 0 Å². The quantitative estimate of drug-likeness (QED) is 0.487. The van der Waals surface area contributed by atoms with Crippen LogP contribution in [0.25, 0.3) is 0 Å². The van der Waals surface area contributed by atoms with Crippen molar-refractivity contribution < 1.29 is 13.2 Å². The molecule has 1 heterocycles. The van der Waals surface area contributed by atoms with Gasteiger partial charge in [-0.1, -0.05) is 0 Å². The summed E-state index contributed by atoms with van der Waals surface area (Å²) in [5.41, 5.74) is 0. The third-order valence-electron chi connectivity index (χ3n) is 0.819. The lowest BCUT2D eigenvalue weighted by Crippen LogP contribution is -2.28. The maximum Gasteiger partial charge on any atom is 0.503 e. The fraction of sp³-hybridized carbons (Fsp3) is 0.200. The van der Waals surface area contributed by atoms with Crippen molar-refractivity contribution in [2.45, 2.75) is 6.18 Å². The van der Waals surface area contributed by atoms with E-state index >= 15 is 0 Å². The number of nitrogens with zero attached hydrogens (tertiary/aromatic N) is 2. The lowest BCUT2D eigenvalue weighted by molar-refractivity contribution is -0.0606. The van der Waals surface area contributed by atoms with Crippen molar-refractivity contribution in [2.75, 3.05) is 0 Å². The molecular formula is C5H3F3N2+. The second-order valence-electron chi connectivity index (χ2n) is 1.57. The monoisotopic (exact) mass is 148 g/mol. The summed E-state index contributed by atoms with van der Waals surface area (Å²) in [6, 6.07) is 0. The topological polar surface area (TPSA) is 26.5 Å². The van der Waals surface area contributed by atoms with E-state index < -0.39 is 12.0 Å². The summed E-state index contributed by atoms with van der Waals surface area (Å²) in [6.07, 6.45) is -0.998. The molecule has 53 valence electrons. The van der Waals surface area contributed by atoms with Crippen LogP contribution in [-0.2, 0) is 0 Å². The molecule has 0 N–H and O–H groups in total. The molecule has 0 unspecified atom stereocenters. The number of amidine groups is 1. The summed E-state index contributed by atoms with van der Waals surface area (Å²) in [5, 5.41) is 0. The molecule has 0 aromatic rings. The van der Waals surface area contributed by atoms with Gasteiger partial charge in [0, 0.05) is 6.08 Å². The highest BCUT2D eigenvalue weighted by atomic mass is 19.4. The molecule has 0 aromatic carbocycles. The van der Waals surface area contributed by atoms with Crippen LogP contribution < -0.4 is 4.99 Å². The second kappa shape index (κ2) is 2.24. The van der Waals surface area contributed by atoms with Crippen molar-refractivity contribution in [2.24, 2.45) is 4.99 Å². The Balaban J connectivity index is 2.85. The molecule has 2 nitrogen and oxygen atoms in total. The molecule has 0 aromatic heterocycles. The van der Waals surface area contributed by atoms with E-state index in [0.29, 0.717) is 0 Å². The summed E-state index contributed by atoms with van der Waals surface area (Å²) in [7, 11) is 0. The Morgan fingerprint density at radius 2 is 2.10 bits per heavy atom. The molecule has 0 spiro atoms. The second-order valence-corrected chi connectivity index (χ2v) is 1.57. The highest BCUT2D eigenvalue weighted by Crippen LogP contribution is 2.16. The van der Waals surface area contributed by atoms with Gasteiger partial charge in [0.1, 0.15) is 12.4 Å². The van der Waals surface area contributed by atoms with Crippen LogP contribution in [0.15, 0.2) is 17.3 Å². The number of hydrogen-bond acceptors (Lipinski definition) is 2. The first-order chi connectivity index (χ1) is 4.61. The lowest BCUT2D eigenvalue weighted by atomic mass is 10.5. The Hall–Kier alpha value is -1.13. The SMILES string of the molecule is FC(F)(F)C1=NC=CC=[N+]1. The Morgan fingerprint density at radius 3 is 2.40 bits per heavy atom. The maximum atomic E-state index is 11.7. The number of allylic oxidation sites excluding steroid dienone is 1. The first-order valence-electron chi connectivity index (χ1n) is 2.45. The fourth-order valence-corrected chi connectivity index (χ4v) is 0.445. The van der Waals surface area contributed by atoms with E-state index in [0.717, 1.165) is 12.4 Å². The largest absolute Gasteiger partial charge is 0.503 e. The molecule has 0 amide bonds. The van der Waals surface area contributed by atoms with Crippen LogP contribution in [-0.4, -0.2) is 18.2 Å². The zero-order chi connectivity index (χ0) is 7.61. The minimum atomic E-state index is -4.43. The molecule has 0 aliphatic carbocycles. The molecule has 0 bridgehead atoms. The summed E-state index contributed by atoms with van der Waals surface area (Å²) >= 11 is 0. The number of rotatable bonds is 0. The number of hydrogen-bond donors (Lipinski definition) is 0. The van der Waals surface area contributed by atoms with Crippen molar-refractivity contribution >= 4 is 12.1 Å². The molecule has 5 heteroatoms. The van der Waals surface area contributed by atoms with E-state index in [9.17, 15) is 13.2 Å². The Morgan fingerprint density at radius 1 is 1.40 bits per heavy atom. The summed E-state index contributed by atoms with van der Waals surface area (Å²) in [4.78, 5) is 6.03. The van der Waals surface area contributed by atoms with Crippen LogP contribution in [0.3, 0.4) is 0 Å². The maximum absolute atomic E-state index is 11.7. The van der Waals surface area contributed by atoms with Crippen molar-refractivity contribution in [3.8, 4) is 0 Å². The van der Waals surface area contributed by atoms with Crippen LogP contribution in [0, 0.1) is 0 Å². The molecule has 1 aliphatic rings. The molecule has 0 atom stereocenters. The van der Waals surface area contributed by atoms with Crippen molar-refractivity contribution in [3.05, 3.63) is 12.3 Å². The predicted octanol–water partition coefficient (Wildman–Crippen LogP) is 0.881. The molecule has 1 aliphatic heterocycles. The minimum absolute atomic E-state index is 1.05. The van der Waals surface area contributed by atoms with Gasteiger partial charge >= 0.3 is 12.0 Å². The summed E-state index contributed by atoms with van der Waals surface area (Å²) in [5.74, 6) is -1.10. The van der Waals surface area contributed by atoms with E-state index in [2.05, 4.69) is 9.98 Å². The van der Waals surface area contributed by atoms with Crippen LogP contribution in [0.1, 0.15) is 0 Å². The third-order valence-corrected chi connectivity index (χ3v) is 0.819. The van der Waals surface area contributed by atoms with Crippen LogP contribution in [0.5, 0.6) is 0 Å². The van der Waals surface area contributed by atoms with Gasteiger partial charge in [-0.2, -0.15) is 13.2 Å². The van der Waals surface area contributed by atoms with E-state index in [1.807, 2.05) is 0 Å². The van der Waals surface area contributed by atoms with E-state index in [4.69, 9.17) is 0 Å². The lowest BCUT2D eigenvalue weighted by Gasteiger charge is -1.94. The highest BCUT2D eigenvalue weighted by Gasteiger charge is 2.44. The predicted molar refractivity (Wildman–Crippen MR) is 30.8 cm³/mol. The third kappa shape index (κ3) is 1.43. The van der Waals surface area contributed by atoms with Crippen molar-refractivity contribution in [3.63, 3.8) is 0 Å². The van der Waals surface area contributed by atoms with Gasteiger partial charge in [0.05, 0.1) is 0 Å². The van der Waals surface area contributed by atoms with Gasteiger partial charge in [-0.15, -0.1) is 0 Å². The molecular weight excluding hydrogens is 145 g/mol. The van der Waals surface area contributed by atoms with E-state index in [1.165, 1.54) is 6.08 Å². The minimum Gasteiger partial charge on any atom is -0.159 e. The van der Waals surface area contributed by atoms with Crippen LogP contribution in [0.4, 0.5) is 13.2 Å². The van der Waals surface area contributed by atoms with Crippen molar-refractivity contribution in [1.82, 2.24) is 4.99 Å².